The lowest BCUT2D eigenvalue weighted by Crippen LogP contribution is -2.42. The van der Waals surface area contributed by atoms with Crippen LogP contribution in [0.25, 0.3) is 0 Å². The third kappa shape index (κ3) is 3.97. The van der Waals surface area contributed by atoms with Gasteiger partial charge in [0.15, 0.2) is 5.96 Å². The SMILES string of the molecule is CN=C(NCc1c(C)nn(C)c1C)NC1CC=CC1.I. The Labute approximate surface area is 137 Å². The Morgan fingerprint density at radius 3 is 2.55 bits per heavy atom. The number of nitrogens with zero attached hydrogens (tertiary/aromatic N) is 3. The van der Waals surface area contributed by atoms with Crippen LogP contribution in [0.5, 0.6) is 0 Å². The number of aliphatic imine (C=N–C) groups is 1. The molecule has 112 valence electrons. The maximum Gasteiger partial charge on any atom is 0.191 e. The molecule has 1 aromatic heterocycles. The van der Waals surface area contributed by atoms with Crippen LogP contribution in [0.2, 0.25) is 0 Å². The van der Waals surface area contributed by atoms with Gasteiger partial charge in [-0.25, -0.2) is 0 Å². The molecule has 2 rings (SSSR count). The van der Waals surface area contributed by atoms with Crippen molar-refractivity contribution in [3.63, 3.8) is 0 Å². The van der Waals surface area contributed by atoms with Gasteiger partial charge in [0.1, 0.15) is 0 Å². The van der Waals surface area contributed by atoms with Crippen LogP contribution in [0, 0.1) is 13.8 Å². The Morgan fingerprint density at radius 1 is 1.40 bits per heavy atom. The van der Waals surface area contributed by atoms with Crippen LogP contribution in [0.3, 0.4) is 0 Å². The predicted octanol–water partition coefficient (Wildman–Crippen LogP) is 2.04. The molecular weight excluding hydrogens is 365 g/mol. The van der Waals surface area contributed by atoms with Crippen LogP contribution >= 0.6 is 24.0 Å². The molecule has 0 fully saturated rings. The van der Waals surface area contributed by atoms with Gasteiger partial charge < -0.3 is 10.6 Å². The molecule has 0 spiro atoms. The van der Waals surface area contributed by atoms with Crippen molar-refractivity contribution in [3.8, 4) is 0 Å². The van der Waals surface area contributed by atoms with Crippen LogP contribution in [-0.4, -0.2) is 28.8 Å². The molecule has 6 heteroatoms. The number of rotatable bonds is 3. The molecule has 5 nitrogen and oxygen atoms in total. The highest BCUT2D eigenvalue weighted by molar-refractivity contribution is 14.0. The van der Waals surface area contributed by atoms with E-state index in [4.69, 9.17) is 0 Å². The topological polar surface area (TPSA) is 54.2 Å². The lowest BCUT2D eigenvalue weighted by Gasteiger charge is -2.17. The fourth-order valence-corrected chi connectivity index (χ4v) is 2.37. The van der Waals surface area contributed by atoms with Gasteiger partial charge in [-0.2, -0.15) is 5.10 Å². The van der Waals surface area contributed by atoms with Gasteiger partial charge in [0.05, 0.1) is 5.69 Å². The predicted molar refractivity (Wildman–Crippen MR) is 93.6 cm³/mol. The Kier molecular flexibility index (Phi) is 6.51. The summed E-state index contributed by atoms with van der Waals surface area (Å²) < 4.78 is 1.92. The minimum atomic E-state index is 0. The summed E-state index contributed by atoms with van der Waals surface area (Å²) in [6.45, 7) is 4.89. The lowest BCUT2D eigenvalue weighted by atomic mass is 10.2. The van der Waals surface area contributed by atoms with Crippen molar-refractivity contribution in [2.75, 3.05) is 7.05 Å². The second kappa shape index (κ2) is 7.66. The summed E-state index contributed by atoms with van der Waals surface area (Å²) in [5.41, 5.74) is 3.52. The van der Waals surface area contributed by atoms with Gasteiger partial charge in [-0.1, -0.05) is 12.2 Å². The first-order valence-electron chi connectivity index (χ1n) is 6.73. The quantitative estimate of drug-likeness (QED) is 0.360. The third-order valence-corrected chi connectivity index (χ3v) is 3.66. The standard InChI is InChI=1S/C14H23N5.HI/c1-10-13(11(2)19(4)18-10)9-16-14(15-3)17-12-7-5-6-8-12;/h5-6,12H,7-9H2,1-4H3,(H2,15,16,17);1H. The Hall–Kier alpha value is -1.05. The van der Waals surface area contributed by atoms with E-state index in [2.05, 4.69) is 39.8 Å². The Balaban J connectivity index is 0.00000200. The van der Waals surface area contributed by atoms with Crippen LogP contribution in [0.4, 0.5) is 0 Å². The van der Waals surface area contributed by atoms with Gasteiger partial charge in [0, 0.05) is 37.9 Å². The van der Waals surface area contributed by atoms with Crippen molar-refractivity contribution in [2.24, 2.45) is 12.0 Å². The summed E-state index contributed by atoms with van der Waals surface area (Å²) in [6.07, 6.45) is 6.57. The zero-order valence-corrected chi connectivity index (χ0v) is 14.9. The normalized spacial score (nSPS) is 15.3. The van der Waals surface area contributed by atoms with Gasteiger partial charge in [0.2, 0.25) is 0 Å². The summed E-state index contributed by atoms with van der Waals surface area (Å²) in [5, 5.41) is 11.2. The molecule has 0 amide bonds. The van der Waals surface area contributed by atoms with Gasteiger partial charge in [0.25, 0.3) is 0 Å². The lowest BCUT2D eigenvalue weighted by molar-refractivity contribution is 0.632. The third-order valence-electron chi connectivity index (χ3n) is 3.66. The minimum absolute atomic E-state index is 0. The van der Waals surface area contributed by atoms with E-state index in [0.717, 1.165) is 31.0 Å². The minimum Gasteiger partial charge on any atom is -0.353 e. The van der Waals surface area contributed by atoms with Crippen LogP contribution < -0.4 is 10.6 Å². The number of aryl methyl sites for hydroxylation is 2. The first-order chi connectivity index (χ1) is 9.11. The molecule has 0 bridgehead atoms. The highest BCUT2D eigenvalue weighted by atomic mass is 127. The summed E-state index contributed by atoms with van der Waals surface area (Å²) >= 11 is 0. The van der Waals surface area contributed by atoms with Gasteiger partial charge in [-0.15, -0.1) is 24.0 Å². The summed E-state index contributed by atoms with van der Waals surface area (Å²) in [4.78, 5) is 4.27. The molecule has 0 saturated heterocycles. The van der Waals surface area contributed by atoms with Crippen LogP contribution in [0.1, 0.15) is 29.8 Å². The summed E-state index contributed by atoms with van der Waals surface area (Å²) in [7, 11) is 3.78. The largest absolute Gasteiger partial charge is 0.353 e. The zero-order valence-electron chi connectivity index (χ0n) is 12.6. The van der Waals surface area contributed by atoms with E-state index in [1.807, 2.05) is 18.7 Å². The van der Waals surface area contributed by atoms with E-state index in [1.54, 1.807) is 7.05 Å². The number of halogens is 1. The van der Waals surface area contributed by atoms with Crippen molar-refractivity contribution >= 4 is 29.9 Å². The van der Waals surface area contributed by atoms with E-state index in [-0.39, 0.29) is 24.0 Å². The van der Waals surface area contributed by atoms with Gasteiger partial charge >= 0.3 is 0 Å². The second-order valence-electron chi connectivity index (χ2n) is 4.98. The van der Waals surface area contributed by atoms with Gasteiger partial charge in [-0.05, 0) is 26.7 Å². The number of guanidine groups is 1. The highest BCUT2D eigenvalue weighted by Crippen LogP contribution is 2.11. The molecule has 0 aromatic carbocycles. The maximum absolute atomic E-state index is 4.42. The van der Waals surface area contributed by atoms with Crippen molar-refractivity contribution in [1.29, 1.82) is 0 Å². The summed E-state index contributed by atoms with van der Waals surface area (Å²) in [5.74, 6) is 0.858. The number of hydrogen-bond acceptors (Lipinski definition) is 2. The fourth-order valence-electron chi connectivity index (χ4n) is 2.37. The molecule has 0 saturated carbocycles. The van der Waals surface area contributed by atoms with Crippen molar-refractivity contribution in [3.05, 3.63) is 29.1 Å². The molecule has 0 aliphatic heterocycles. The average molecular weight is 389 g/mol. The van der Waals surface area contributed by atoms with Gasteiger partial charge in [-0.3, -0.25) is 9.67 Å². The zero-order chi connectivity index (χ0) is 13.8. The van der Waals surface area contributed by atoms with Crippen LogP contribution in [-0.2, 0) is 13.6 Å². The van der Waals surface area contributed by atoms with E-state index in [1.165, 1.54) is 11.3 Å². The molecule has 0 radical (unpaired) electrons. The number of nitrogens with one attached hydrogen (secondary N) is 2. The molecule has 2 N–H and O–H groups in total. The molecule has 0 atom stereocenters. The highest BCUT2D eigenvalue weighted by Gasteiger charge is 2.13. The average Bonchev–Trinajstić information content (AvgIpc) is 2.97. The Bertz CT molecular complexity index is 496. The monoisotopic (exact) mass is 389 g/mol. The van der Waals surface area contributed by atoms with Crippen molar-refractivity contribution < 1.29 is 0 Å². The molecule has 20 heavy (non-hydrogen) atoms. The van der Waals surface area contributed by atoms with Crippen molar-refractivity contribution in [2.45, 2.75) is 39.3 Å². The first-order valence-corrected chi connectivity index (χ1v) is 6.73. The smallest absolute Gasteiger partial charge is 0.191 e. The molecule has 1 heterocycles. The number of hydrogen-bond donors (Lipinski definition) is 2. The summed E-state index contributed by atoms with van der Waals surface area (Å²) in [6, 6.07) is 0.474. The first kappa shape index (κ1) is 17.0. The number of aromatic nitrogens is 2. The van der Waals surface area contributed by atoms with E-state index < -0.39 is 0 Å². The molecular formula is C14H24IN5. The van der Waals surface area contributed by atoms with Crippen LogP contribution in [0.15, 0.2) is 17.1 Å². The Morgan fingerprint density at radius 2 is 2.05 bits per heavy atom. The van der Waals surface area contributed by atoms with Crippen molar-refractivity contribution in [1.82, 2.24) is 20.4 Å². The van der Waals surface area contributed by atoms with E-state index >= 15 is 0 Å². The fraction of sp³-hybridized carbons (Fsp3) is 0.571. The molecule has 0 unspecified atom stereocenters. The molecule has 1 aliphatic carbocycles. The maximum atomic E-state index is 4.42. The van der Waals surface area contributed by atoms with E-state index in [9.17, 15) is 0 Å². The second-order valence-corrected chi connectivity index (χ2v) is 4.98. The van der Waals surface area contributed by atoms with E-state index in [0.29, 0.717) is 6.04 Å². The molecule has 1 aromatic rings. The molecule has 1 aliphatic rings.